The van der Waals surface area contributed by atoms with E-state index in [0.29, 0.717) is 0 Å². The molecule has 0 aliphatic carbocycles. The number of fused-ring (bicyclic) bond motifs is 5. The van der Waals surface area contributed by atoms with Crippen molar-refractivity contribution in [3.05, 3.63) is 12.2 Å². The monoisotopic (exact) mass is 151 g/mol. The molecule has 0 atom stereocenters. The van der Waals surface area contributed by atoms with Crippen molar-refractivity contribution in [2.24, 2.45) is 5.92 Å². The summed E-state index contributed by atoms with van der Waals surface area (Å²) in [6.07, 6.45) is 5.37. The van der Waals surface area contributed by atoms with Crippen molar-refractivity contribution in [2.75, 3.05) is 19.6 Å². The Morgan fingerprint density at radius 3 is 2.64 bits per heavy atom. The summed E-state index contributed by atoms with van der Waals surface area (Å²) in [6, 6.07) is 0. The van der Waals surface area contributed by atoms with Gasteiger partial charge >= 0.3 is 0 Å². The summed E-state index contributed by atoms with van der Waals surface area (Å²) < 4.78 is 0. The molecule has 62 valence electrons. The van der Waals surface area contributed by atoms with Gasteiger partial charge in [0.25, 0.3) is 0 Å². The van der Waals surface area contributed by atoms with Crippen LogP contribution >= 0.6 is 0 Å². The zero-order chi connectivity index (χ0) is 7.68. The van der Waals surface area contributed by atoms with E-state index in [1.54, 1.807) is 0 Å². The van der Waals surface area contributed by atoms with Crippen molar-refractivity contribution >= 4 is 0 Å². The Bertz CT molecular complexity index is 152. The summed E-state index contributed by atoms with van der Waals surface area (Å²) in [6.45, 7) is 8.13. The highest BCUT2D eigenvalue weighted by Crippen LogP contribution is 2.29. The Morgan fingerprint density at radius 2 is 1.91 bits per heavy atom. The standard InChI is InChI=1S/C10H17N/c1-9-3-2-6-11-7-4-10(9)5-8-11/h10H,1-8H2. The van der Waals surface area contributed by atoms with Crippen LogP contribution < -0.4 is 0 Å². The molecule has 3 aliphatic rings. The average molecular weight is 151 g/mol. The summed E-state index contributed by atoms with van der Waals surface area (Å²) in [4.78, 5) is 2.60. The van der Waals surface area contributed by atoms with E-state index in [4.69, 9.17) is 0 Å². The van der Waals surface area contributed by atoms with Crippen LogP contribution in [0.1, 0.15) is 25.7 Å². The highest BCUT2D eigenvalue weighted by atomic mass is 15.1. The Kier molecular flexibility index (Phi) is 1.99. The minimum atomic E-state index is 0.867. The summed E-state index contributed by atoms with van der Waals surface area (Å²) in [5.41, 5.74) is 1.53. The molecule has 3 saturated heterocycles. The second-order valence-electron chi connectivity index (χ2n) is 3.88. The van der Waals surface area contributed by atoms with Gasteiger partial charge in [0.1, 0.15) is 0 Å². The predicted molar refractivity (Wildman–Crippen MR) is 47.5 cm³/mol. The summed E-state index contributed by atoms with van der Waals surface area (Å²) in [5, 5.41) is 0. The van der Waals surface area contributed by atoms with Crippen LogP contribution in [0.15, 0.2) is 12.2 Å². The maximum absolute atomic E-state index is 4.17. The van der Waals surface area contributed by atoms with E-state index < -0.39 is 0 Å². The highest BCUT2D eigenvalue weighted by Gasteiger charge is 2.23. The largest absolute Gasteiger partial charge is 0.303 e. The molecule has 0 saturated carbocycles. The number of hydrogen-bond donors (Lipinski definition) is 0. The van der Waals surface area contributed by atoms with E-state index >= 15 is 0 Å². The molecule has 2 bridgehead atoms. The second-order valence-corrected chi connectivity index (χ2v) is 3.88. The first-order valence-electron chi connectivity index (χ1n) is 4.76. The molecule has 11 heavy (non-hydrogen) atoms. The van der Waals surface area contributed by atoms with Gasteiger partial charge in [0.15, 0.2) is 0 Å². The smallest absolute Gasteiger partial charge is 0.00130 e. The molecule has 3 aliphatic heterocycles. The number of hydrogen-bond acceptors (Lipinski definition) is 1. The van der Waals surface area contributed by atoms with E-state index in [0.717, 1.165) is 5.92 Å². The molecular weight excluding hydrogens is 134 g/mol. The van der Waals surface area contributed by atoms with Crippen molar-refractivity contribution in [2.45, 2.75) is 25.7 Å². The number of piperidine rings is 1. The lowest BCUT2D eigenvalue weighted by Crippen LogP contribution is -2.36. The quantitative estimate of drug-likeness (QED) is 0.479. The Balaban J connectivity index is 2.05. The molecule has 0 spiro atoms. The van der Waals surface area contributed by atoms with Crippen LogP contribution in [0.2, 0.25) is 0 Å². The van der Waals surface area contributed by atoms with Crippen molar-refractivity contribution in [3.63, 3.8) is 0 Å². The average Bonchev–Trinajstić information content (AvgIpc) is 2.01. The molecule has 3 rings (SSSR count). The van der Waals surface area contributed by atoms with Crippen molar-refractivity contribution in [3.8, 4) is 0 Å². The van der Waals surface area contributed by atoms with Gasteiger partial charge in [-0.05, 0) is 51.2 Å². The molecule has 1 heteroatoms. The topological polar surface area (TPSA) is 3.24 Å². The molecule has 0 aromatic rings. The van der Waals surface area contributed by atoms with E-state index in [9.17, 15) is 0 Å². The lowest BCUT2D eigenvalue weighted by molar-refractivity contribution is 0.180. The van der Waals surface area contributed by atoms with Gasteiger partial charge in [-0.15, -0.1) is 0 Å². The number of allylic oxidation sites excluding steroid dienone is 1. The molecule has 0 amide bonds. The Morgan fingerprint density at radius 1 is 1.18 bits per heavy atom. The fraction of sp³-hybridized carbons (Fsp3) is 0.800. The fourth-order valence-corrected chi connectivity index (χ4v) is 2.30. The summed E-state index contributed by atoms with van der Waals surface area (Å²) in [5.74, 6) is 0.867. The lowest BCUT2D eigenvalue weighted by Gasteiger charge is -2.35. The van der Waals surface area contributed by atoms with E-state index in [1.807, 2.05) is 0 Å². The summed E-state index contributed by atoms with van der Waals surface area (Å²) in [7, 11) is 0. The first-order valence-corrected chi connectivity index (χ1v) is 4.76. The molecule has 0 radical (unpaired) electrons. The maximum Gasteiger partial charge on any atom is -0.00130 e. The van der Waals surface area contributed by atoms with Gasteiger partial charge in [0.2, 0.25) is 0 Å². The van der Waals surface area contributed by atoms with E-state index in [2.05, 4.69) is 11.5 Å². The van der Waals surface area contributed by atoms with Crippen molar-refractivity contribution in [1.82, 2.24) is 4.90 Å². The van der Waals surface area contributed by atoms with Crippen LogP contribution in [0.25, 0.3) is 0 Å². The van der Waals surface area contributed by atoms with Crippen molar-refractivity contribution in [1.29, 1.82) is 0 Å². The van der Waals surface area contributed by atoms with Crippen LogP contribution in [-0.2, 0) is 0 Å². The van der Waals surface area contributed by atoms with Crippen LogP contribution in [-0.4, -0.2) is 24.5 Å². The summed E-state index contributed by atoms with van der Waals surface area (Å²) >= 11 is 0. The van der Waals surface area contributed by atoms with Crippen LogP contribution in [0.4, 0.5) is 0 Å². The van der Waals surface area contributed by atoms with E-state index in [-0.39, 0.29) is 0 Å². The molecular formula is C10H17N. The van der Waals surface area contributed by atoms with Crippen LogP contribution in [0.5, 0.6) is 0 Å². The Hall–Kier alpha value is -0.300. The number of rotatable bonds is 0. The SMILES string of the molecule is C=C1CCCN2CCC1CC2. The minimum Gasteiger partial charge on any atom is -0.303 e. The van der Waals surface area contributed by atoms with Gasteiger partial charge in [0, 0.05) is 0 Å². The third-order valence-electron chi connectivity index (χ3n) is 3.14. The van der Waals surface area contributed by atoms with Gasteiger partial charge in [-0.2, -0.15) is 0 Å². The zero-order valence-corrected chi connectivity index (χ0v) is 7.18. The minimum absolute atomic E-state index is 0.867. The lowest BCUT2D eigenvalue weighted by atomic mass is 9.85. The van der Waals surface area contributed by atoms with Crippen LogP contribution in [0, 0.1) is 5.92 Å². The normalized spacial score (nSPS) is 38.4. The highest BCUT2D eigenvalue weighted by molar-refractivity contribution is 5.04. The molecule has 0 aromatic heterocycles. The third kappa shape index (κ3) is 1.48. The molecule has 0 N–H and O–H groups in total. The molecule has 1 nitrogen and oxygen atoms in total. The van der Waals surface area contributed by atoms with Gasteiger partial charge in [-0.25, -0.2) is 0 Å². The maximum atomic E-state index is 4.17. The molecule has 0 aromatic carbocycles. The third-order valence-corrected chi connectivity index (χ3v) is 3.14. The zero-order valence-electron chi connectivity index (χ0n) is 7.18. The van der Waals surface area contributed by atoms with Gasteiger partial charge < -0.3 is 4.90 Å². The molecule has 3 heterocycles. The van der Waals surface area contributed by atoms with Gasteiger partial charge in [-0.1, -0.05) is 12.2 Å². The van der Waals surface area contributed by atoms with Crippen molar-refractivity contribution < 1.29 is 0 Å². The second kappa shape index (κ2) is 2.98. The van der Waals surface area contributed by atoms with Gasteiger partial charge in [0.05, 0.1) is 0 Å². The first-order chi connectivity index (χ1) is 5.36. The van der Waals surface area contributed by atoms with E-state index in [1.165, 1.54) is 50.9 Å². The fourth-order valence-electron chi connectivity index (χ4n) is 2.30. The number of nitrogens with zero attached hydrogens (tertiary/aromatic N) is 1. The van der Waals surface area contributed by atoms with Crippen LogP contribution in [0.3, 0.4) is 0 Å². The molecule has 3 fully saturated rings. The predicted octanol–water partition coefficient (Wildman–Crippen LogP) is 2.05. The van der Waals surface area contributed by atoms with Gasteiger partial charge in [-0.3, -0.25) is 0 Å². The Labute approximate surface area is 69.1 Å². The molecule has 0 unspecified atom stereocenters. The first kappa shape index (κ1) is 7.35.